The van der Waals surface area contributed by atoms with E-state index in [2.05, 4.69) is 4.98 Å². The Morgan fingerprint density at radius 2 is 2.14 bits per heavy atom. The first-order chi connectivity index (χ1) is 9.95. The Balaban J connectivity index is 1.84. The number of nitrogens with zero attached hydrogens (tertiary/aromatic N) is 2. The molecule has 21 heavy (non-hydrogen) atoms. The van der Waals surface area contributed by atoms with E-state index in [-0.39, 0.29) is 0 Å². The zero-order valence-electron chi connectivity index (χ0n) is 11.2. The monoisotopic (exact) mass is 313 g/mol. The molecule has 0 unspecified atom stereocenters. The van der Waals surface area contributed by atoms with Crippen LogP contribution in [0.3, 0.4) is 0 Å². The lowest BCUT2D eigenvalue weighted by molar-refractivity contribution is -0.134. The maximum absolute atomic E-state index is 12.6. The van der Waals surface area contributed by atoms with Crippen LogP contribution in [0.15, 0.2) is 24.4 Å². The van der Waals surface area contributed by atoms with Gasteiger partial charge in [0, 0.05) is 17.9 Å². The van der Waals surface area contributed by atoms with Gasteiger partial charge in [0.1, 0.15) is 9.88 Å². The topological polar surface area (TPSA) is 42.1 Å². The highest BCUT2D eigenvalue weighted by Gasteiger charge is 2.33. The minimum absolute atomic E-state index is 0.386. The minimum Gasteiger partial charge on any atom is -0.398 e. The first kappa shape index (κ1) is 14.2. The molecule has 0 saturated heterocycles. The first-order valence-electron chi connectivity index (χ1n) is 6.59. The molecular formula is C14H14F3N3S. The number of fused-ring (bicyclic) bond motifs is 1. The second-order valence-corrected chi connectivity index (χ2v) is 6.10. The van der Waals surface area contributed by atoms with E-state index in [9.17, 15) is 13.2 Å². The number of nitrogen functional groups attached to an aromatic ring is 1. The summed E-state index contributed by atoms with van der Waals surface area (Å²) in [6.45, 7) is 1.19. The lowest BCUT2D eigenvalue weighted by atomic mass is 10.00. The predicted octanol–water partition coefficient (Wildman–Crippen LogP) is 3.70. The van der Waals surface area contributed by atoms with Crippen LogP contribution in [-0.2, 0) is 19.1 Å². The van der Waals surface area contributed by atoms with Gasteiger partial charge in [0.15, 0.2) is 0 Å². The van der Waals surface area contributed by atoms with Crippen molar-refractivity contribution in [3.05, 3.63) is 39.8 Å². The molecule has 0 amide bonds. The number of halogens is 3. The average Bonchev–Trinajstić information content (AvgIpc) is 2.89. The van der Waals surface area contributed by atoms with Crippen LogP contribution in [0.5, 0.6) is 0 Å². The normalized spacial score (nSPS) is 15.1. The standard InChI is InChI=1S/C14H14F3N3S/c15-14(16,17)12-7-19-13(21-12)8-20-6-2-3-9-10(18)4-1-5-11(9)20/h1,4-5,7H,2-3,6,8,18H2. The first-order valence-corrected chi connectivity index (χ1v) is 7.41. The number of rotatable bonds is 2. The molecule has 1 aliphatic heterocycles. The van der Waals surface area contributed by atoms with Gasteiger partial charge >= 0.3 is 6.18 Å². The van der Waals surface area contributed by atoms with Gasteiger partial charge in [-0.2, -0.15) is 13.2 Å². The molecule has 7 heteroatoms. The maximum atomic E-state index is 12.6. The minimum atomic E-state index is -4.32. The zero-order chi connectivity index (χ0) is 15.0. The summed E-state index contributed by atoms with van der Waals surface area (Å²) < 4.78 is 37.8. The third-order valence-corrected chi connectivity index (χ3v) is 4.57. The quantitative estimate of drug-likeness (QED) is 0.860. The van der Waals surface area contributed by atoms with E-state index in [1.165, 1.54) is 0 Å². The van der Waals surface area contributed by atoms with Crippen LogP contribution in [0.1, 0.15) is 21.9 Å². The molecular weight excluding hydrogens is 299 g/mol. The van der Waals surface area contributed by atoms with Gasteiger partial charge in [-0.1, -0.05) is 6.07 Å². The van der Waals surface area contributed by atoms with Crippen LogP contribution < -0.4 is 10.6 Å². The second kappa shape index (κ2) is 5.22. The summed E-state index contributed by atoms with van der Waals surface area (Å²) in [5.41, 5.74) is 8.80. The van der Waals surface area contributed by atoms with E-state index in [4.69, 9.17) is 5.73 Å². The fourth-order valence-electron chi connectivity index (χ4n) is 2.57. The van der Waals surface area contributed by atoms with Gasteiger partial charge in [-0.3, -0.25) is 0 Å². The van der Waals surface area contributed by atoms with Crippen molar-refractivity contribution in [2.45, 2.75) is 25.6 Å². The Morgan fingerprint density at radius 3 is 2.86 bits per heavy atom. The molecule has 2 heterocycles. The van der Waals surface area contributed by atoms with Crippen molar-refractivity contribution in [1.82, 2.24) is 4.98 Å². The van der Waals surface area contributed by atoms with Crippen molar-refractivity contribution in [3.8, 4) is 0 Å². The highest BCUT2D eigenvalue weighted by atomic mass is 32.1. The fraction of sp³-hybridized carbons (Fsp3) is 0.357. The Morgan fingerprint density at radius 1 is 1.33 bits per heavy atom. The van der Waals surface area contributed by atoms with E-state index in [0.29, 0.717) is 22.9 Å². The summed E-state index contributed by atoms with van der Waals surface area (Å²) in [5.74, 6) is 0. The maximum Gasteiger partial charge on any atom is 0.427 e. The molecule has 3 rings (SSSR count). The third kappa shape index (κ3) is 2.83. The lowest BCUT2D eigenvalue weighted by Gasteiger charge is -2.31. The van der Waals surface area contributed by atoms with Gasteiger partial charge in [0.25, 0.3) is 0 Å². The molecule has 0 atom stereocenters. The van der Waals surface area contributed by atoms with Crippen molar-refractivity contribution in [2.75, 3.05) is 17.2 Å². The highest BCUT2D eigenvalue weighted by molar-refractivity contribution is 7.11. The van der Waals surface area contributed by atoms with Crippen LogP contribution in [0.4, 0.5) is 24.5 Å². The van der Waals surface area contributed by atoms with Crippen LogP contribution in [-0.4, -0.2) is 11.5 Å². The summed E-state index contributed by atoms with van der Waals surface area (Å²) in [4.78, 5) is 5.30. The molecule has 2 aromatic rings. The van der Waals surface area contributed by atoms with Crippen molar-refractivity contribution in [3.63, 3.8) is 0 Å². The number of thiazole rings is 1. The van der Waals surface area contributed by atoms with Crippen molar-refractivity contribution in [2.24, 2.45) is 0 Å². The van der Waals surface area contributed by atoms with E-state index < -0.39 is 11.1 Å². The van der Waals surface area contributed by atoms with Gasteiger partial charge in [0.2, 0.25) is 0 Å². The number of hydrogen-bond donors (Lipinski definition) is 1. The lowest BCUT2D eigenvalue weighted by Crippen LogP contribution is -2.29. The van der Waals surface area contributed by atoms with Crippen LogP contribution >= 0.6 is 11.3 Å². The Bertz CT molecular complexity index is 651. The molecule has 0 saturated carbocycles. The van der Waals surface area contributed by atoms with E-state index in [1.54, 1.807) is 0 Å². The zero-order valence-corrected chi connectivity index (χ0v) is 12.0. The summed E-state index contributed by atoms with van der Waals surface area (Å²) in [7, 11) is 0. The molecule has 112 valence electrons. The number of aromatic nitrogens is 1. The molecule has 0 fully saturated rings. The van der Waals surface area contributed by atoms with Crippen LogP contribution in [0.2, 0.25) is 0 Å². The van der Waals surface area contributed by atoms with E-state index in [0.717, 1.165) is 42.5 Å². The molecule has 0 radical (unpaired) electrons. The summed E-state index contributed by atoms with van der Waals surface area (Å²) in [6.07, 6.45) is -1.56. The molecule has 2 N–H and O–H groups in total. The molecule has 1 aromatic carbocycles. The fourth-order valence-corrected chi connectivity index (χ4v) is 3.37. The smallest absolute Gasteiger partial charge is 0.398 e. The number of benzene rings is 1. The largest absolute Gasteiger partial charge is 0.427 e. The molecule has 3 nitrogen and oxygen atoms in total. The Labute approximate surface area is 124 Å². The van der Waals surface area contributed by atoms with Gasteiger partial charge in [0.05, 0.1) is 12.7 Å². The number of nitrogens with two attached hydrogens (primary N) is 1. The van der Waals surface area contributed by atoms with E-state index in [1.807, 2.05) is 23.1 Å². The third-order valence-electron chi connectivity index (χ3n) is 3.54. The van der Waals surface area contributed by atoms with Crippen molar-refractivity contribution < 1.29 is 13.2 Å². The Kier molecular flexibility index (Phi) is 3.52. The number of hydrogen-bond acceptors (Lipinski definition) is 4. The summed E-state index contributed by atoms with van der Waals surface area (Å²) >= 11 is 0.703. The van der Waals surface area contributed by atoms with Gasteiger partial charge < -0.3 is 10.6 Å². The van der Waals surface area contributed by atoms with E-state index >= 15 is 0 Å². The molecule has 0 bridgehead atoms. The predicted molar refractivity (Wildman–Crippen MR) is 77.3 cm³/mol. The van der Waals surface area contributed by atoms with Gasteiger partial charge in [-0.05, 0) is 30.5 Å². The molecule has 0 spiro atoms. The average molecular weight is 313 g/mol. The molecule has 1 aromatic heterocycles. The van der Waals surface area contributed by atoms with Crippen molar-refractivity contribution in [1.29, 1.82) is 0 Å². The SMILES string of the molecule is Nc1cccc2c1CCCN2Cc1ncc(C(F)(F)F)s1. The second-order valence-electron chi connectivity index (χ2n) is 4.99. The van der Waals surface area contributed by atoms with Crippen LogP contribution in [0, 0.1) is 0 Å². The number of anilines is 2. The number of alkyl halides is 3. The molecule has 0 aliphatic carbocycles. The Hall–Kier alpha value is -1.76. The summed E-state index contributed by atoms with van der Waals surface area (Å²) in [5, 5.41) is 0.470. The van der Waals surface area contributed by atoms with Gasteiger partial charge in [-0.25, -0.2) is 4.98 Å². The van der Waals surface area contributed by atoms with Crippen LogP contribution in [0.25, 0.3) is 0 Å². The van der Waals surface area contributed by atoms with Crippen molar-refractivity contribution >= 4 is 22.7 Å². The highest BCUT2D eigenvalue weighted by Crippen LogP contribution is 2.36. The summed E-state index contributed by atoms with van der Waals surface area (Å²) in [6, 6.07) is 5.69. The molecule has 1 aliphatic rings. The van der Waals surface area contributed by atoms with Gasteiger partial charge in [-0.15, -0.1) is 11.3 Å².